The van der Waals surface area contributed by atoms with Crippen molar-refractivity contribution < 1.29 is 19.4 Å². The molecule has 2 rings (SSSR count). The molecule has 1 N–H and O–H groups in total. The van der Waals surface area contributed by atoms with Crippen LogP contribution in [0.5, 0.6) is 0 Å². The lowest BCUT2D eigenvalue weighted by molar-refractivity contribution is 0.0108. The molecule has 2 atom stereocenters. The third-order valence-electron chi connectivity index (χ3n) is 3.70. The van der Waals surface area contributed by atoms with E-state index in [2.05, 4.69) is 0 Å². The molecule has 134 valence electrons. The zero-order chi connectivity index (χ0) is 17.9. The number of nitrogens with zero attached hydrogens (tertiary/aromatic N) is 1. The zero-order valence-corrected chi connectivity index (χ0v) is 15.6. The van der Waals surface area contributed by atoms with Gasteiger partial charge in [0.15, 0.2) is 0 Å². The van der Waals surface area contributed by atoms with Crippen LogP contribution in [0.25, 0.3) is 0 Å². The predicted molar refractivity (Wildman–Crippen MR) is 93.5 cm³/mol. The molecule has 1 aliphatic heterocycles. The maximum Gasteiger partial charge on any atom is 0.410 e. The Bertz CT molecular complexity index is 588. The second kappa shape index (κ2) is 7.91. The molecule has 24 heavy (non-hydrogen) atoms. The van der Waals surface area contributed by atoms with E-state index in [4.69, 9.17) is 32.7 Å². The maximum absolute atomic E-state index is 12.3. The first-order valence-corrected chi connectivity index (χ1v) is 8.62. The molecule has 0 bridgehead atoms. The largest absolute Gasteiger partial charge is 0.444 e. The van der Waals surface area contributed by atoms with Gasteiger partial charge in [0.2, 0.25) is 0 Å². The molecule has 1 aliphatic rings. The summed E-state index contributed by atoms with van der Waals surface area (Å²) in [4.78, 5) is 13.9. The van der Waals surface area contributed by atoms with E-state index in [0.29, 0.717) is 29.7 Å². The Morgan fingerprint density at radius 2 is 2.08 bits per heavy atom. The lowest BCUT2D eigenvalue weighted by Gasteiger charge is -2.29. The molecule has 1 heterocycles. The second-order valence-corrected chi connectivity index (χ2v) is 7.65. The molecular weight excluding hydrogens is 353 g/mol. The number of aliphatic hydroxyl groups excluding tert-OH is 1. The first-order chi connectivity index (χ1) is 11.2. The van der Waals surface area contributed by atoms with E-state index in [-0.39, 0.29) is 18.6 Å². The minimum atomic E-state index is -0.567. The fourth-order valence-electron chi connectivity index (χ4n) is 2.60. The van der Waals surface area contributed by atoms with Crippen molar-refractivity contribution in [1.82, 2.24) is 4.90 Å². The molecule has 1 amide bonds. The lowest BCUT2D eigenvalue weighted by Crippen LogP contribution is -2.40. The predicted octanol–water partition coefficient (Wildman–Crippen LogP) is 3.91. The second-order valence-electron chi connectivity index (χ2n) is 6.83. The van der Waals surface area contributed by atoms with Gasteiger partial charge in [-0.05, 0) is 38.5 Å². The molecule has 0 aliphatic carbocycles. The van der Waals surface area contributed by atoms with Crippen molar-refractivity contribution in [3.63, 3.8) is 0 Å². The van der Waals surface area contributed by atoms with Gasteiger partial charge in [0.25, 0.3) is 0 Å². The van der Waals surface area contributed by atoms with Crippen LogP contribution in [0.3, 0.4) is 0 Å². The number of benzene rings is 1. The molecule has 0 aromatic heterocycles. The molecule has 1 aromatic rings. The van der Waals surface area contributed by atoms with Gasteiger partial charge in [0.05, 0.1) is 29.4 Å². The van der Waals surface area contributed by atoms with E-state index < -0.39 is 11.7 Å². The number of amides is 1. The molecule has 1 saturated heterocycles. The Morgan fingerprint density at radius 1 is 1.38 bits per heavy atom. The van der Waals surface area contributed by atoms with Gasteiger partial charge in [-0.1, -0.05) is 29.3 Å². The fourth-order valence-corrected chi connectivity index (χ4v) is 2.91. The van der Waals surface area contributed by atoms with Crippen LogP contribution >= 0.6 is 23.2 Å². The monoisotopic (exact) mass is 375 g/mol. The number of hydrogen-bond donors (Lipinski definition) is 1. The summed E-state index contributed by atoms with van der Waals surface area (Å²) in [7, 11) is 0. The highest BCUT2D eigenvalue weighted by atomic mass is 35.5. The van der Waals surface area contributed by atoms with Crippen molar-refractivity contribution in [3.8, 4) is 0 Å². The highest BCUT2D eigenvalue weighted by molar-refractivity contribution is 6.42. The molecule has 0 saturated carbocycles. The lowest BCUT2D eigenvalue weighted by atomic mass is 9.96. The molecule has 1 aromatic carbocycles. The number of halogens is 2. The average Bonchev–Trinajstić information content (AvgIpc) is 2.70. The fraction of sp³-hybridized carbons (Fsp3) is 0.588. The van der Waals surface area contributed by atoms with Crippen molar-refractivity contribution >= 4 is 29.3 Å². The molecule has 0 spiro atoms. The van der Waals surface area contributed by atoms with E-state index in [1.165, 1.54) is 0 Å². The average molecular weight is 376 g/mol. The smallest absolute Gasteiger partial charge is 0.410 e. The van der Waals surface area contributed by atoms with Crippen LogP contribution in [-0.4, -0.2) is 48.0 Å². The van der Waals surface area contributed by atoms with E-state index in [1.54, 1.807) is 17.0 Å². The Balaban J connectivity index is 2.16. The van der Waals surface area contributed by atoms with Gasteiger partial charge >= 0.3 is 6.09 Å². The van der Waals surface area contributed by atoms with Gasteiger partial charge in [0.1, 0.15) is 5.60 Å². The van der Waals surface area contributed by atoms with Crippen molar-refractivity contribution in [2.45, 2.75) is 32.5 Å². The summed E-state index contributed by atoms with van der Waals surface area (Å²) < 4.78 is 11.3. The summed E-state index contributed by atoms with van der Waals surface area (Å²) in [6, 6.07) is 5.26. The highest BCUT2D eigenvalue weighted by Crippen LogP contribution is 2.33. The number of carbonyl (C=O) groups excluding carboxylic acids is 1. The van der Waals surface area contributed by atoms with Crippen LogP contribution in [0.4, 0.5) is 4.79 Å². The summed E-state index contributed by atoms with van der Waals surface area (Å²) >= 11 is 12.0. The first kappa shape index (κ1) is 19.3. The Morgan fingerprint density at radius 3 is 2.67 bits per heavy atom. The van der Waals surface area contributed by atoms with E-state index in [9.17, 15) is 9.90 Å². The highest BCUT2D eigenvalue weighted by Gasteiger charge is 2.32. The molecule has 7 heteroatoms. The van der Waals surface area contributed by atoms with Crippen LogP contribution in [-0.2, 0) is 9.47 Å². The van der Waals surface area contributed by atoms with E-state index >= 15 is 0 Å². The van der Waals surface area contributed by atoms with Crippen LogP contribution in [0.15, 0.2) is 18.2 Å². The minimum absolute atomic E-state index is 0.121. The molecule has 5 nitrogen and oxygen atoms in total. The summed E-state index contributed by atoms with van der Waals surface area (Å²) in [6.07, 6.45) is -0.767. The number of rotatable bonds is 2. The number of aliphatic hydroxyl groups is 1. The summed E-state index contributed by atoms with van der Waals surface area (Å²) in [5.41, 5.74) is 0.261. The van der Waals surface area contributed by atoms with Gasteiger partial charge in [-0.15, -0.1) is 0 Å². The SMILES string of the molecule is CC(C)(C)OC(=O)N1CCO[C@@H](c2ccc(Cl)c(Cl)c2)[C@H](CO)C1. The number of carbonyl (C=O) groups is 1. The normalized spacial score (nSPS) is 22.2. The third-order valence-corrected chi connectivity index (χ3v) is 4.44. The van der Waals surface area contributed by atoms with Crippen LogP contribution in [0.2, 0.25) is 10.0 Å². The van der Waals surface area contributed by atoms with Crippen molar-refractivity contribution in [3.05, 3.63) is 33.8 Å². The Hall–Kier alpha value is -1.01. The Kier molecular flexibility index (Phi) is 6.37. The maximum atomic E-state index is 12.3. The number of ether oxygens (including phenoxy) is 2. The zero-order valence-electron chi connectivity index (χ0n) is 14.1. The topological polar surface area (TPSA) is 59.0 Å². The minimum Gasteiger partial charge on any atom is -0.444 e. The standard InChI is InChI=1S/C17H23Cl2NO4/c1-17(2,3)24-16(22)20-6-7-23-15(12(9-20)10-21)11-4-5-13(18)14(19)8-11/h4-5,8,12,15,21H,6-7,9-10H2,1-3H3/t12-,15-/m0/s1. The van der Waals surface area contributed by atoms with E-state index in [1.807, 2.05) is 26.8 Å². The number of hydrogen-bond acceptors (Lipinski definition) is 4. The molecule has 1 fully saturated rings. The molecule has 0 radical (unpaired) electrons. The summed E-state index contributed by atoms with van der Waals surface area (Å²) in [5.74, 6) is -0.280. The van der Waals surface area contributed by atoms with Gasteiger partial charge in [0, 0.05) is 19.0 Å². The van der Waals surface area contributed by atoms with Crippen molar-refractivity contribution in [2.24, 2.45) is 5.92 Å². The first-order valence-electron chi connectivity index (χ1n) is 7.86. The third kappa shape index (κ3) is 4.99. The van der Waals surface area contributed by atoms with Crippen LogP contribution in [0.1, 0.15) is 32.4 Å². The van der Waals surface area contributed by atoms with Crippen molar-refractivity contribution in [1.29, 1.82) is 0 Å². The van der Waals surface area contributed by atoms with Crippen LogP contribution < -0.4 is 0 Å². The molecule has 0 unspecified atom stereocenters. The molecular formula is C17H23Cl2NO4. The van der Waals surface area contributed by atoms with Gasteiger partial charge in [-0.25, -0.2) is 4.79 Å². The van der Waals surface area contributed by atoms with Gasteiger partial charge in [-0.2, -0.15) is 0 Å². The van der Waals surface area contributed by atoms with Crippen LogP contribution in [0, 0.1) is 5.92 Å². The van der Waals surface area contributed by atoms with Gasteiger partial charge in [-0.3, -0.25) is 0 Å². The van der Waals surface area contributed by atoms with E-state index in [0.717, 1.165) is 5.56 Å². The quantitative estimate of drug-likeness (QED) is 0.850. The van der Waals surface area contributed by atoms with Crippen molar-refractivity contribution in [2.75, 3.05) is 26.3 Å². The van der Waals surface area contributed by atoms with Gasteiger partial charge < -0.3 is 19.5 Å². The summed E-state index contributed by atoms with van der Waals surface area (Å²) in [5, 5.41) is 10.7. The summed E-state index contributed by atoms with van der Waals surface area (Å²) in [6.45, 7) is 6.44. The Labute approximate surface area is 152 Å².